The molecule has 0 atom stereocenters. The molecule has 4 N–H and O–H groups in total. The average Bonchev–Trinajstić information content (AvgIpc) is 2.75. The van der Waals surface area contributed by atoms with E-state index in [1.54, 1.807) is 24.3 Å². The number of phenols is 2. The van der Waals surface area contributed by atoms with E-state index in [9.17, 15) is 23.4 Å². The maximum absolute atomic E-state index is 12.4. The first-order valence-corrected chi connectivity index (χ1v) is 11.6. The highest BCUT2D eigenvalue weighted by Crippen LogP contribution is 2.40. The second-order valence-electron chi connectivity index (χ2n) is 7.63. The lowest BCUT2D eigenvalue weighted by molar-refractivity contribution is -0.131. The molecular weight excluding hydrogens is 442 g/mol. The Morgan fingerprint density at radius 1 is 0.939 bits per heavy atom. The highest BCUT2D eigenvalue weighted by atomic mass is 32.2. The molecule has 4 aromatic carbocycles. The fourth-order valence-electron chi connectivity index (χ4n) is 3.80. The van der Waals surface area contributed by atoms with Crippen LogP contribution in [0.2, 0.25) is 0 Å². The number of aromatic hydroxyl groups is 2. The number of esters is 1. The molecule has 0 spiro atoms. The summed E-state index contributed by atoms with van der Waals surface area (Å²) in [6.45, 7) is 1.19. The Morgan fingerprint density at radius 3 is 2.36 bits per heavy atom. The summed E-state index contributed by atoms with van der Waals surface area (Å²) in [6.07, 6.45) is 0.347. The zero-order chi connectivity index (χ0) is 23.8. The molecule has 33 heavy (non-hydrogen) atoms. The average molecular weight is 464 g/mol. The zero-order valence-electron chi connectivity index (χ0n) is 17.6. The smallest absolute Gasteiger partial charge is 0.308 e. The van der Waals surface area contributed by atoms with Crippen molar-refractivity contribution in [3.05, 3.63) is 83.9 Å². The number of hydrogen-bond acceptors (Lipinski definition) is 6. The summed E-state index contributed by atoms with van der Waals surface area (Å²) in [4.78, 5) is 11.4. The Labute approximate surface area is 190 Å². The predicted molar refractivity (Wildman–Crippen MR) is 125 cm³/mol. The van der Waals surface area contributed by atoms with Crippen LogP contribution in [0.4, 0.5) is 0 Å². The van der Waals surface area contributed by atoms with Crippen LogP contribution in [0.15, 0.2) is 77.7 Å². The summed E-state index contributed by atoms with van der Waals surface area (Å²) in [5, 5.41) is 26.4. The monoisotopic (exact) mass is 463 g/mol. The van der Waals surface area contributed by atoms with E-state index in [-0.39, 0.29) is 22.1 Å². The van der Waals surface area contributed by atoms with E-state index in [0.29, 0.717) is 33.9 Å². The molecule has 0 aliphatic carbocycles. The van der Waals surface area contributed by atoms with Gasteiger partial charge in [0.2, 0.25) is 10.0 Å². The van der Waals surface area contributed by atoms with Gasteiger partial charge >= 0.3 is 5.97 Å². The Balaban J connectivity index is 1.91. The number of carbonyl (C=O) groups excluding carboxylic acids is 1. The fourth-order valence-corrected chi connectivity index (χ4v) is 4.50. The minimum absolute atomic E-state index is 0.0452. The third-order valence-corrected chi connectivity index (χ3v) is 6.13. The number of sulfonamides is 1. The van der Waals surface area contributed by atoms with Crippen molar-refractivity contribution in [1.29, 1.82) is 0 Å². The van der Waals surface area contributed by atoms with Gasteiger partial charge in [-0.05, 0) is 46.3 Å². The lowest BCUT2D eigenvalue weighted by Crippen LogP contribution is -2.15. The van der Waals surface area contributed by atoms with E-state index in [2.05, 4.69) is 0 Å². The largest absolute Gasteiger partial charge is 0.508 e. The van der Waals surface area contributed by atoms with Gasteiger partial charge in [0.05, 0.1) is 0 Å². The summed E-state index contributed by atoms with van der Waals surface area (Å²) in [5.74, 6) is -0.661. The van der Waals surface area contributed by atoms with Gasteiger partial charge in [0.25, 0.3) is 0 Å². The summed E-state index contributed by atoms with van der Waals surface area (Å²) in [6, 6.07) is 20.1. The number of carbonyl (C=O) groups is 1. The molecule has 4 aromatic rings. The summed E-state index contributed by atoms with van der Waals surface area (Å²) in [7, 11) is -4.21. The normalized spacial score (nSPS) is 11.5. The molecule has 0 saturated carbocycles. The summed E-state index contributed by atoms with van der Waals surface area (Å²) in [5.41, 5.74) is 2.68. The van der Waals surface area contributed by atoms with Crippen molar-refractivity contribution in [2.75, 3.05) is 0 Å². The van der Waals surface area contributed by atoms with Gasteiger partial charge in [0.15, 0.2) is 5.75 Å². The SMILES string of the molecule is CC(=O)Oc1c(S(N)(=O)=O)cc(-c2cccc(Cc3cc(O)ccc3O)c2)c2ccccc12. The molecule has 0 radical (unpaired) electrons. The van der Waals surface area contributed by atoms with E-state index in [4.69, 9.17) is 9.88 Å². The Hall–Kier alpha value is -3.88. The van der Waals surface area contributed by atoms with Crippen LogP contribution in [-0.2, 0) is 21.2 Å². The van der Waals surface area contributed by atoms with E-state index >= 15 is 0 Å². The minimum atomic E-state index is -4.21. The standard InChI is InChI=1S/C25H21NO6S/c1-15(27)32-25-21-8-3-2-7-20(21)22(14-24(25)33(26,30)31)17-6-4-5-16(11-17)12-18-13-19(28)9-10-23(18)29/h2-11,13-14,28-29H,12H2,1H3,(H2,26,30,31). The predicted octanol–water partition coefficient (Wildman–Crippen LogP) is 4.08. The molecule has 0 amide bonds. The lowest BCUT2D eigenvalue weighted by atomic mass is 9.94. The first-order chi connectivity index (χ1) is 15.6. The molecule has 0 heterocycles. The maximum Gasteiger partial charge on any atom is 0.308 e. The quantitative estimate of drug-likeness (QED) is 0.233. The van der Waals surface area contributed by atoms with Gasteiger partial charge in [0, 0.05) is 24.3 Å². The van der Waals surface area contributed by atoms with Crippen LogP contribution in [-0.4, -0.2) is 24.6 Å². The van der Waals surface area contributed by atoms with Gasteiger partial charge in [-0.25, -0.2) is 13.6 Å². The molecule has 7 nitrogen and oxygen atoms in total. The molecule has 4 rings (SSSR count). The van der Waals surface area contributed by atoms with Crippen LogP contribution in [0, 0.1) is 0 Å². The number of benzene rings is 4. The minimum Gasteiger partial charge on any atom is -0.508 e. The molecule has 0 bridgehead atoms. The van der Waals surface area contributed by atoms with Crippen LogP contribution < -0.4 is 9.88 Å². The van der Waals surface area contributed by atoms with Crippen molar-refractivity contribution < 1.29 is 28.2 Å². The van der Waals surface area contributed by atoms with Gasteiger partial charge in [-0.15, -0.1) is 0 Å². The number of primary sulfonamides is 1. The van der Waals surface area contributed by atoms with Crippen molar-refractivity contribution in [2.45, 2.75) is 18.2 Å². The van der Waals surface area contributed by atoms with Gasteiger partial charge in [-0.1, -0.05) is 48.5 Å². The van der Waals surface area contributed by atoms with Gasteiger partial charge < -0.3 is 14.9 Å². The molecule has 0 aliphatic heterocycles. The molecule has 0 aliphatic rings. The Kier molecular flexibility index (Phi) is 5.80. The van der Waals surface area contributed by atoms with Crippen molar-refractivity contribution in [2.24, 2.45) is 5.14 Å². The van der Waals surface area contributed by atoms with Crippen LogP contribution in [0.25, 0.3) is 21.9 Å². The number of phenolic OH excluding ortho intramolecular Hbond substituents is 2. The number of nitrogens with two attached hydrogens (primary N) is 1. The van der Waals surface area contributed by atoms with Crippen molar-refractivity contribution in [3.8, 4) is 28.4 Å². The van der Waals surface area contributed by atoms with E-state index in [1.165, 1.54) is 31.2 Å². The summed E-state index contributed by atoms with van der Waals surface area (Å²) >= 11 is 0. The van der Waals surface area contributed by atoms with E-state index in [0.717, 1.165) is 5.56 Å². The number of rotatable bonds is 5. The fraction of sp³-hybridized carbons (Fsp3) is 0.0800. The topological polar surface area (TPSA) is 127 Å². The number of fused-ring (bicyclic) bond motifs is 1. The van der Waals surface area contributed by atoms with E-state index < -0.39 is 16.0 Å². The molecule has 0 fully saturated rings. The number of hydrogen-bond donors (Lipinski definition) is 3. The molecule has 168 valence electrons. The zero-order valence-corrected chi connectivity index (χ0v) is 18.5. The van der Waals surface area contributed by atoms with Crippen molar-refractivity contribution in [1.82, 2.24) is 0 Å². The van der Waals surface area contributed by atoms with Gasteiger partial charge in [-0.2, -0.15) is 0 Å². The van der Waals surface area contributed by atoms with Crippen LogP contribution in [0.1, 0.15) is 18.1 Å². The van der Waals surface area contributed by atoms with Gasteiger partial charge in [-0.3, -0.25) is 4.79 Å². The third kappa shape index (κ3) is 4.67. The first kappa shape index (κ1) is 22.3. The second-order valence-corrected chi connectivity index (χ2v) is 9.16. The Morgan fingerprint density at radius 2 is 1.67 bits per heavy atom. The van der Waals surface area contributed by atoms with Crippen molar-refractivity contribution >= 4 is 26.8 Å². The van der Waals surface area contributed by atoms with Crippen LogP contribution in [0.3, 0.4) is 0 Å². The second kappa shape index (κ2) is 8.57. The molecule has 0 aromatic heterocycles. The molecular formula is C25H21NO6S. The molecule has 8 heteroatoms. The van der Waals surface area contributed by atoms with Crippen LogP contribution in [0.5, 0.6) is 17.2 Å². The third-order valence-electron chi connectivity index (χ3n) is 5.21. The maximum atomic E-state index is 12.4. The van der Waals surface area contributed by atoms with Gasteiger partial charge in [0.1, 0.15) is 16.4 Å². The van der Waals surface area contributed by atoms with E-state index in [1.807, 2.05) is 24.3 Å². The number of ether oxygens (including phenoxy) is 1. The van der Waals surface area contributed by atoms with Crippen LogP contribution >= 0.6 is 0 Å². The summed E-state index contributed by atoms with van der Waals surface area (Å²) < 4.78 is 30.0. The van der Waals surface area contributed by atoms with Crippen molar-refractivity contribution in [3.63, 3.8) is 0 Å². The molecule has 0 saturated heterocycles. The first-order valence-electron chi connectivity index (χ1n) is 10.0. The lowest BCUT2D eigenvalue weighted by Gasteiger charge is -2.16. The highest BCUT2D eigenvalue weighted by Gasteiger charge is 2.23. The highest BCUT2D eigenvalue weighted by molar-refractivity contribution is 7.89. The Bertz CT molecular complexity index is 1490. The molecule has 0 unspecified atom stereocenters.